The number of methoxy groups -OCH3 is 1. The molecule has 0 saturated heterocycles. The molecule has 0 fully saturated rings. The smallest absolute Gasteiger partial charge is 0.322 e. The summed E-state index contributed by atoms with van der Waals surface area (Å²) in [5.41, 5.74) is 0. The number of hydrogen-bond acceptors (Lipinski definition) is 7. The van der Waals surface area contributed by atoms with Gasteiger partial charge >= 0.3 is 6.01 Å². The maximum absolute atomic E-state index is 11.6. The third-order valence-electron chi connectivity index (χ3n) is 2.22. The predicted octanol–water partition coefficient (Wildman–Crippen LogP) is 0.248. The van der Waals surface area contributed by atoms with E-state index in [-0.39, 0.29) is 11.9 Å². The summed E-state index contributed by atoms with van der Waals surface area (Å²) in [6, 6.07) is -0.252. The third-order valence-corrected chi connectivity index (χ3v) is 2.22. The average Bonchev–Trinajstić information content (AvgIpc) is 2.39. The molecule has 8 heteroatoms. The highest BCUT2D eigenvalue weighted by molar-refractivity contribution is 5.83. The van der Waals surface area contributed by atoms with Crippen molar-refractivity contribution in [2.24, 2.45) is 0 Å². The summed E-state index contributed by atoms with van der Waals surface area (Å²) in [5, 5.41) is 8.59. The zero-order chi connectivity index (χ0) is 14.3. The average molecular weight is 268 g/mol. The molecule has 106 valence electrons. The van der Waals surface area contributed by atoms with Gasteiger partial charge in [0.1, 0.15) is 6.04 Å². The van der Waals surface area contributed by atoms with E-state index in [2.05, 4.69) is 30.9 Å². The first kappa shape index (κ1) is 14.9. The second kappa shape index (κ2) is 7.34. The van der Waals surface area contributed by atoms with Gasteiger partial charge in [-0.2, -0.15) is 15.0 Å². The largest absolute Gasteiger partial charge is 0.467 e. The van der Waals surface area contributed by atoms with Crippen LogP contribution in [0.2, 0.25) is 0 Å². The molecule has 0 aromatic carbocycles. The van der Waals surface area contributed by atoms with Gasteiger partial charge < -0.3 is 20.7 Å². The minimum atomic E-state index is -0.443. The van der Waals surface area contributed by atoms with Crippen molar-refractivity contribution < 1.29 is 9.53 Å². The number of carbonyl (C=O) groups is 1. The predicted molar refractivity (Wildman–Crippen MR) is 72.3 cm³/mol. The van der Waals surface area contributed by atoms with Crippen LogP contribution in [0.25, 0.3) is 0 Å². The third kappa shape index (κ3) is 4.57. The lowest BCUT2D eigenvalue weighted by Crippen LogP contribution is -2.37. The highest BCUT2D eigenvalue weighted by atomic mass is 16.5. The van der Waals surface area contributed by atoms with E-state index in [4.69, 9.17) is 4.74 Å². The number of carbonyl (C=O) groups excluding carboxylic acids is 1. The first-order valence-corrected chi connectivity index (χ1v) is 6.18. The minimum Gasteiger partial charge on any atom is -0.467 e. The topological polar surface area (TPSA) is 101 Å². The summed E-state index contributed by atoms with van der Waals surface area (Å²) in [6.45, 7) is 6.78. The van der Waals surface area contributed by atoms with Crippen molar-refractivity contribution in [3.8, 4) is 6.01 Å². The van der Waals surface area contributed by atoms with E-state index in [9.17, 15) is 4.79 Å². The van der Waals surface area contributed by atoms with Crippen LogP contribution in [-0.2, 0) is 4.79 Å². The molecule has 1 amide bonds. The van der Waals surface area contributed by atoms with Gasteiger partial charge in [0.05, 0.1) is 7.11 Å². The van der Waals surface area contributed by atoms with Crippen LogP contribution in [0.1, 0.15) is 20.8 Å². The summed E-state index contributed by atoms with van der Waals surface area (Å²) in [7, 11) is 1.47. The molecule has 1 aromatic heterocycles. The van der Waals surface area contributed by atoms with Crippen molar-refractivity contribution >= 4 is 17.8 Å². The van der Waals surface area contributed by atoms with Crippen LogP contribution in [0.4, 0.5) is 11.9 Å². The van der Waals surface area contributed by atoms with E-state index in [1.807, 2.05) is 13.8 Å². The second-order valence-corrected chi connectivity index (χ2v) is 3.76. The molecule has 0 saturated carbocycles. The fourth-order valence-corrected chi connectivity index (χ4v) is 1.34. The number of amides is 1. The molecule has 0 aliphatic rings. The number of ether oxygens (including phenoxy) is 1. The van der Waals surface area contributed by atoms with E-state index in [0.29, 0.717) is 25.0 Å². The monoisotopic (exact) mass is 268 g/mol. The highest BCUT2D eigenvalue weighted by Crippen LogP contribution is 2.11. The number of nitrogens with zero attached hydrogens (tertiary/aromatic N) is 3. The van der Waals surface area contributed by atoms with Gasteiger partial charge in [-0.15, -0.1) is 0 Å². The molecule has 8 nitrogen and oxygen atoms in total. The van der Waals surface area contributed by atoms with E-state index < -0.39 is 6.04 Å². The molecule has 0 aliphatic carbocycles. The standard InChI is InChI=1S/C11H20N6O2/c1-5-12-8(18)7(3)14-10-15-9(13-6-2)16-11(17-10)19-4/h7H,5-6H2,1-4H3,(H,12,18)(H2,13,14,15,16,17). The van der Waals surface area contributed by atoms with Gasteiger partial charge in [0.15, 0.2) is 0 Å². The second-order valence-electron chi connectivity index (χ2n) is 3.76. The number of aromatic nitrogens is 3. The summed E-state index contributed by atoms with van der Waals surface area (Å²) < 4.78 is 4.99. The van der Waals surface area contributed by atoms with Gasteiger partial charge in [-0.25, -0.2) is 0 Å². The first-order chi connectivity index (χ1) is 9.10. The number of hydrogen-bond donors (Lipinski definition) is 3. The van der Waals surface area contributed by atoms with Crippen LogP contribution in [0.15, 0.2) is 0 Å². The summed E-state index contributed by atoms with van der Waals surface area (Å²) in [5.74, 6) is 0.577. The van der Waals surface area contributed by atoms with Crippen molar-refractivity contribution in [1.29, 1.82) is 0 Å². The fraction of sp³-hybridized carbons (Fsp3) is 0.636. The fourth-order valence-electron chi connectivity index (χ4n) is 1.34. The maximum Gasteiger partial charge on any atom is 0.322 e. The van der Waals surface area contributed by atoms with E-state index >= 15 is 0 Å². The Morgan fingerprint density at radius 3 is 2.47 bits per heavy atom. The van der Waals surface area contributed by atoms with Crippen molar-refractivity contribution in [2.75, 3.05) is 30.8 Å². The number of rotatable bonds is 7. The lowest BCUT2D eigenvalue weighted by atomic mass is 10.3. The van der Waals surface area contributed by atoms with Gasteiger partial charge in [0.25, 0.3) is 0 Å². The van der Waals surface area contributed by atoms with Crippen molar-refractivity contribution in [3.63, 3.8) is 0 Å². The summed E-state index contributed by atoms with van der Waals surface area (Å²) >= 11 is 0. The Balaban J connectivity index is 2.81. The van der Waals surface area contributed by atoms with Crippen molar-refractivity contribution in [2.45, 2.75) is 26.8 Å². The lowest BCUT2D eigenvalue weighted by Gasteiger charge is -2.14. The number of nitrogens with one attached hydrogen (secondary N) is 3. The van der Waals surface area contributed by atoms with Crippen LogP contribution in [0.5, 0.6) is 6.01 Å². The van der Waals surface area contributed by atoms with Gasteiger partial charge in [0, 0.05) is 13.1 Å². The van der Waals surface area contributed by atoms with Gasteiger partial charge in [0.2, 0.25) is 17.8 Å². The summed E-state index contributed by atoms with van der Waals surface area (Å²) in [6.07, 6.45) is 0. The molecular weight excluding hydrogens is 248 g/mol. The van der Waals surface area contributed by atoms with Gasteiger partial charge in [-0.3, -0.25) is 4.79 Å². The normalized spacial score (nSPS) is 11.6. The van der Waals surface area contributed by atoms with E-state index in [1.54, 1.807) is 6.92 Å². The van der Waals surface area contributed by atoms with E-state index in [0.717, 1.165) is 0 Å². The molecule has 1 atom stereocenters. The minimum absolute atomic E-state index is 0.119. The molecule has 0 spiro atoms. The van der Waals surface area contributed by atoms with Crippen LogP contribution in [0.3, 0.4) is 0 Å². The Hall–Kier alpha value is -2.12. The Morgan fingerprint density at radius 1 is 1.21 bits per heavy atom. The molecule has 0 bridgehead atoms. The molecule has 1 heterocycles. The quantitative estimate of drug-likeness (QED) is 0.651. The van der Waals surface area contributed by atoms with Gasteiger partial charge in [-0.05, 0) is 20.8 Å². The van der Waals surface area contributed by atoms with Crippen LogP contribution in [-0.4, -0.2) is 47.1 Å². The van der Waals surface area contributed by atoms with Crippen molar-refractivity contribution in [3.05, 3.63) is 0 Å². The Bertz CT molecular complexity index is 426. The SMILES string of the molecule is CCNC(=O)C(C)Nc1nc(NCC)nc(OC)n1. The van der Waals surface area contributed by atoms with Crippen LogP contribution < -0.4 is 20.7 Å². The maximum atomic E-state index is 11.6. The van der Waals surface area contributed by atoms with Crippen LogP contribution >= 0.6 is 0 Å². The Labute approximate surface area is 112 Å². The highest BCUT2D eigenvalue weighted by Gasteiger charge is 2.14. The molecule has 1 aromatic rings. The molecular formula is C11H20N6O2. The first-order valence-electron chi connectivity index (χ1n) is 6.18. The molecule has 3 N–H and O–H groups in total. The van der Waals surface area contributed by atoms with Gasteiger partial charge in [-0.1, -0.05) is 0 Å². The number of likely N-dealkylation sites (N-methyl/N-ethyl adjacent to an activating group) is 1. The molecule has 1 unspecified atom stereocenters. The van der Waals surface area contributed by atoms with E-state index in [1.165, 1.54) is 7.11 Å². The Morgan fingerprint density at radius 2 is 1.89 bits per heavy atom. The zero-order valence-electron chi connectivity index (χ0n) is 11.6. The molecule has 19 heavy (non-hydrogen) atoms. The zero-order valence-corrected chi connectivity index (χ0v) is 11.6. The number of anilines is 2. The lowest BCUT2D eigenvalue weighted by molar-refractivity contribution is -0.121. The van der Waals surface area contributed by atoms with Crippen molar-refractivity contribution in [1.82, 2.24) is 20.3 Å². The van der Waals surface area contributed by atoms with Crippen LogP contribution in [0, 0.1) is 0 Å². The summed E-state index contributed by atoms with van der Waals surface area (Å²) in [4.78, 5) is 23.8. The molecule has 0 aliphatic heterocycles. The Kier molecular flexibility index (Phi) is 5.77. The molecule has 0 radical (unpaired) electrons. The molecule has 1 rings (SSSR count).